The summed E-state index contributed by atoms with van der Waals surface area (Å²) in [5.74, 6) is -0.0600. The minimum Gasteiger partial charge on any atom is -0.466 e. The Labute approximate surface area is 436 Å². The molecule has 0 aromatic heterocycles. The normalized spacial score (nSPS) is 12.8. The summed E-state index contributed by atoms with van der Waals surface area (Å²) < 4.78 is 5.48. The highest BCUT2D eigenvalue weighted by Gasteiger charge is 2.20. The molecule has 2 unspecified atom stereocenters. The first kappa shape index (κ1) is 68.1. The predicted octanol–water partition coefficient (Wildman–Crippen LogP) is 19.6. The molecule has 6 nitrogen and oxygen atoms in total. The molecule has 1 amide bonds. The molecule has 0 bridgehead atoms. The summed E-state index contributed by atoms with van der Waals surface area (Å²) in [5.41, 5.74) is 0. The average molecular weight is 985 g/mol. The number of rotatable bonds is 58. The van der Waals surface area contributed by atoms with Crippen molar-refractivity contribution >= 4 is 11.9 Å². The van der Waals surface area contributed by atoms with E-state index < -0.39 is 12.1 Å². The van der Waals surface area contributed by atoms with E-state index in [0.717, 1.165) is 70.6 Å². The van der Waals surface area contributed by atoms with Gasteiger partial charge in [0, 0.05) is 12.8 Å². The molecule has 0 aromatic carbocycles. The number of carbonyl (C=O) groups excluding carboxylic acids is 2. The van der Waals surface area contributed by atoms with Gasteiger partial charge in [-0.2, -0.15) is 0 Å². The molecule has 0 fully saturated rings. The molecule has 3 N–H and O–H groups in total. The van der Waals surface area contributed by atoms with Gasteiger partial charge in [0.1, 0.15) is 0 Å². The summed E-state index contributed by atoms with van der Waals surface area (Å²) in [6.07, 6.45) is 74.3. The molecule has 0 spiro atoms. The maximum atomic E-state index is 12.5. The van der Waals surface area contributed by atoms with E-state index in [9.17, 15) is 19.8 Å². The number of aliphatic hydroxyl groups excluding tert-OH is 2. The second kappa shape index (κ2) is 59.6. The van der Waals surface area contributed by atoms with Crippen LogP contribution in [-0.2, 0) is 14.3 Å². The molecule has 0 aliphatic heterocycles. The van der Waals surface area contributed by atoms with Crippen molar-refractivity contribution in [2.24, 2.45) is 0 Å². The van der Waals surface area contributed by atoms with Gasteiger partial charge in [0.15, 0.2) is 0 Å². The molecule has 0 aromatic rings. The maximum absolute atomic E-state index is 12.5. The summed E-state index contributed by atoms with van der Waals surface area (Å²) >= 11 is 0. The van der Waals surface area contributed by atoms with Gasteiger partial charge in [0.25, 0.3) is 0 Å². The number of nitrogens with one attached hydrogen (secondary N) is 1. The fourth-order valence-electron chi connectivity index (χ4n) is 9.61. The SMILES string of the molecule is CCCCC/C=C\C/C=C\CCCCCCCCCC(=O)OCCCCCCCCC/C=C\CCCCCCCC(=O)NC(CO)C(O)CCCCCCCCCCCCCCCCCCCCCC. The third-order valence-corrected chi connectivity index (χ3v) is 14.4. The van der Waals surface area contributed by atoms with Crippen LogP contribution in [0.5, 0.6) is 0 Å². The summed E-state index contributed by atoms with van der Waals surface area (Å²) in [4.78, 5) is 24.6. The van der Waals surface area contributed by atoms with E-state index in [4.69, 9.17) is 4.74 Å². The van der Waals surface area contributed by atoms with Crippen LogP contribution < -0.4 is 5.32 Å². The third-order valence-electron chi connectivity index (χ3n) is 14.4. The summed E-state index contributed by atoms with van der Waals surface area (Å²) in [7, 11) is 0. The Hall–Kier alpha value is -1.92. The molecular weight excluding hydrogens is 863 g/mol. The fourth-order valence-corrected chi connectivity index (χ4v) is 9.61. The number of allylic oxidation sites excluding steroid dienone is 6. The molecular formula is C64H121NO5. The molecule has 412 valence electrons. The van der Waals surface area contributed by atoms with Crippen molar-refractivity contribution in [3.8, 4) is 0 Å². The van der Waals surface area contributed by atoms with Crippen molar-refractivity contribution in [2.75, 3.05) is 13.2 Å². The lowest BCUT2D eigenvalue weighted by Crippen LogP contribution is -2.45. The number of hydrogen-bond donors (Lipinski definition) is 3. The number of amides is 1. The van der Waals surface area contributed by atoms with Gasteiger partial charge in [-0.25, -0.2) is 0 Å². The van der Waals surface area contributed by atoms with Crippen LogP contribution in [0.15, 0.2) is 36.5 Å². The zero-order valence-electron chi connectivity index (χ0n) is 47.0. The van der Waals surface area contributed by atoms with Crippen molar-refractivity contribution < 1.29 is 24.5 Å². The van der Waals surface area contributed by atoms with Gasteiger partial charge in [0.2, 0.25) is 5.91 Å². The molecule has 2 atom stereocenters. The topological polar surface area (TPSA) is 95.9 Å². The van der Waals surface area contributed by atoms with Gasteiger partial charge in [0.05, 0.1) is 25.4 Å². The van der Waals surface area contributed by atoms with E-state index in [0.29, 0.717) is 25.9 Å². The van der Waals surface area contributed by atoms with Gasteiger partial charge in [-0.3, -0.25) is 9.59 Å². The minimum atomic E-state index is -0.676. The lowest BCUT2D eigenvalue weighted by Gasteiger charge is -2.22. The summed E-state index contributed by atoms with van der Waals surface area (Å²) in [6.45, 7) is 4.92. The fraction of sp³-hybridized carbons (Fsp3) is 0.875. The first-order chi connectivity index (χ1) is 34.5. The van der Waals surface area contributed by atoms with Crippen LogP contribution in [-0.4, -0.2) is 47.4 Å². The largest absolute Gasteiger partial charge is 0.466 e. The molecule has 0 saturated heterocycles. The minimum absolute atomic E-state index is 0.0101. The number of ether oxygens (including phenoxy) is 1. The lowest BCUT2D eigenvalue weighted by atomic mass is 10.0. The zero-order chi connectivity index (χ0) is 50.7. The van der Waals surface area contributed by atoms with Crippen LogP contribution in [0.25, 0.3) is 0 Å². The van der Waals surface area contributed by atoms with Crippen molar-refractivity contribution in [1.82, 2.24) is 5.32 Å². The third kappa shape index (κ3) is 55.4. The number of carbonyl (C=O) groups is 2. The van der Waals surface area contributed by atoms with Crippen LogP contribution in [0.3, 0.4) is 0 Å². The first-order valence-corrected chi connectivity index (χ1v) is 31.2. The highest BCUT2D eigenvalue weighted by Crippen LogP contribution is 2.17. The Bertz CT molecular complexity index is 1130. The molecule has 0 rings (SSSR count). The summed E-state index contributed by atoms with van der Waals surface area (Å²) in [5, 5.41) is 23.3. The second-order valence-corrected chi connectivity index (χ2v) is 21.4. The van der Waals surface area contributed by atoms with Crippen LogP contribution in [0.4, 0.5) is 0 Å². The second-order valence-electron chi connectivity index (χ2n) is 21.4. The van der Waals surface area contributed by atoms with E-state index in [1.54, 1.807) is 0 Å². The van der Waals surface area contributed by atoms with Gasteiger partial charge in [-0.05, 0) is 83.5 Å². The Kier molecular flexibility index (Phi) is 58.0. The van der Waals surface area contributed by atoms with Crippen molar-refractivity contribution in [3.05, 3.63) is 36.5 Å². The molecule has 0 aliphatic carbocycles. The molecule has 0 aliphatic rings. The quantitative estimate of drug-likeness (QED) is 0.0321. The Morgan fingerprint density at radius 3 is 1.13 bits per heavy atom. The first-order valence-electron chi connectivity index (χ1n) is 31.2. The van der Waals surface area contributed by atoms with Crippen LogP contribution in [0.2, 0.25) is 0 Å². The standard InChI is InChI=1S/C64H121NO5/c1-3-5-7-9-11-13-15-17-19-21-22-23-25-28-32-36-40-44-48-52-56-62(67)61(60-66)65-63(68)57-53-49-45-41-37-33-29-26-27-31-35-39-43-47-51-55-59-70-64(69)58-54-50-46-42-38-34-30-24-20-18-16-14-12-10-8-6-4-2/h12,14,18,20,26,29,61-62,66-67H,3-11,13,15-17,19,21-25,27-28,30-60H2,1-2H3,(H,65,68)/b14-12-,20-18-,29-26-. The zero-order valence-corrected chi connectivity index (χ0v) is 47.0. The van der Waals surface area contributed by atoms with E-state index in [-0.39, 0.29) is 18.5 Å². The lowest BCUT2D eigenvalue weighted by molar-refractivity contribution is -0.143. The molecule has 0 radical (unpaired) electrons. The number of esters is 1. The van der Waals surface area contributed by atoms with E-state index >= 15 is 0 Å². The van der Waals surface area contributed by atoms with Gasteiger partial charge in [-0.1, -0.05) is 275 Å². The molecule has 0 saturated carbocycles. The van der Waals surface area contributed by atoms with Crippen molar-refractivity contribution in [3.63, 3.8) is 0 Å². The maximum Gasteiger partial charge on any atom is 0.305 e. The van der Waals surface area contributed by atoms with Gasteiger partial charge < -0.3 is 20.3 Å². The Morgan fingerprint density at radius 1 is 0.400 bits per heavy atom. The number of unbranched alkanes of at least 4 members (excludes halogenated alkanes) is 41. The highest BCUT2D eigenvalue weighted by molar-refractivity contribution is 5.76. The van der Waals surface area contributed by atoms with E-state index in [1.807, 2.05) is 0 Å². The molecule has 70 heavy (non-hydrogen) atoms. The van der Waals surface area contributed by atoms with Crippen LogP contribution >= 0.6 is 0 Å². The smallest absolute Gasteiger partial charge is 0.305 e. The van der Waals surface area contributed by atoms with Crippen molar-refractivity contribution in [1.29, 1.82) is 0 Å². The molecule has 6 heteroatoms. The monoisotopic (exact) mass is 984 g/mol. The van der Waals surface area contributed by atoms with Gasteiger partial charge in [-0.15, -0.1) is 0 Å². The number of hydrogen-bond acceptors (Lipinski definition) is 5. The van der Waals surface area contributed by atoms with Crippen LogP contribution in [0, 0.1) is 0 Å². The van der Waals surface area contributed by atoms with Crippen LogP contribution in [0.1, 0.15) is 335 Å². The average Bonchev–Trinajstić information content (AvgIpc) is 3.36. The van der Waals surface area contributed by atoms with E-state index in [1.165, 1.54) is 231 Å². The Balaban J connectivity index is 3.46. The highest BCUT2D eigenvalue weighted by atomic mass is 16.5. The Morgan fingerprint density at radius 2 is 0.714 bits per heavy atom. The van der Waals surface area contributed by atoms with E-state index in [2.05, 4.69) is 55.6 Å². The summed E-state index contributed by atoms with van der Waals surface area (Å²) in [6, 6.07) is -0.555. The van der Waals surface area contributed by atoms with Gasteiger partial charge >= 0.3 is 5.97 Å². The number of aliphatic hydroxyl groups is 2. The van der Waals surface area contributed by atoms with Crippen molar-refractivity contribution in [2.45, 2.75) is 347 Å². The molecule has 0 heterocycles. The predicted molar refractivity (Wildman–Crippen MR) is 306 cm³/mol.